The second-order valence-corrected chi connectivity index (χ2v) is 11.2. The fraction of sp³-hybridized carbons (Fsp3) is 0.360. The van der Waals surface area contributed by atoms with Gasteiger partial charge in [0.15, 0.2) is 0 Å². The zero-order chi connectivity index (χ0) is 26.5. The van der Waals surface area contributed by atoms with E-state index in [2.05, 4.69) is 15.0 Å². The van der Waals surface area contributed by atoms with Gasteiger partial charge in [0.05, 0.1) is 5.02 Å². The first-order valence-corrected chi connectivity index (χ1v) is 13.5. The smallest absolute Gasteiger partial charge is 0.243 e. The van der Waals surface area contributed by atoms with Crippen molar-refractivity contribution in [1.82, 2.24) is 15.0 Å². The second-order valence-electron chi connectivity index (χ2n) is 8.74. The highest BCUT2D eigenvalue weighted by Crippen LogP contribution is 2.33. The van der Waals surface area contributed by atoms with Crippen LogP contribution in [0.3, 0.4) is 0 Å². The van der Waals surface area contributed by atoms with E-state index in [0.717, 1.165) is 11.1 Å². The van der Waals surface area contributed by atoms with Gasteiger partial charge in [-0.1, -0.05) is 41.4 Å². The minimum absolute atomic E-state index is 0.0842. The van der Waals surface area contributed by atoms with Crippen molar-refractivity contribution in [2.75, 3.05) is 20.3 Å². The Hall–Kier alpha value is -2.43. The molecule has 0 radical (unpaired) electrons. The maximum atomic E-state index is 13.2. The summed E-state index contributed by atoms with van der Waals surface area (Å²) in [6, 6.07) is 12.1. The molecule has 0 bridgehead atoms. The molecule has 11 heteroatoms. The number of carbonyl (C=O) groups is 1. The van der Waals surface area contributed by atoms with E-state index in [1.54, 1.807) is 13.2 Å². The Balaban J connectivity index is 1.82. The molecule has 2 N–H and O–H groups in total. The number of pyridine rings is 1. The van der Waals surface area contributed by atoms with Gasteiger partial charge < -0.3 is 14.8 Å². The van der Waals surface area contributed by atoms with Gasteiger partial charge in [-0.25, -0.2) is 13.4 Å². The summed E-state index contributed by atoms with van der Waals surface area (Å²) < 4.78 is 39.8. The first-order valence-electron chi connectivity index (χ1n) is 11.2. The quantitative estimate of drug-likeness (QED) is 0.335. The highest BCUT2D eigenvalue weighted by Gasteiger charge is 2.34. The summed E-state index contributed by atoms with van der Waals surface area (Å²) in [4.78, 5) is 16.9. The molecule has 3 aromatic rings. The van der Waals surface area contributed by atoms with Crippen LogP contribution in [-0.4, -0.2) is 45.1 Å². The fourth-order valence-electron chi connectivity index (χ4n) is 3.48. The van der Waals surface area contributed by atoms with Crippen molar-refractivity contribution in [2.45, 2.75) is 44.2 Å². The van der Waals surface area contributed by atoms with E-state index in [4.69, 9.17) is 32.7 Å². The minimum atomic E-state index is -4.19. The molecule has 0 atom stereocenters. The Bertz CT molecular complexity index is 1360. The number of aryl methyl sites for hydroxylation is 1. The summed E-state index contributed by atoms with van der Waals surface area (Å²) in [6.45, 7) is 5.57. The van der Waals surface area contributed by atoms with Crippen LogP contribution in [0, 0.1) is 6.92 Å². The number of sulfonamides is 1. The molecule has 0 aliphatic heterocycles. The van der Waals surface area contributed by atoms with E-state index >= 15 is 0 Å². The van der Waals surface area contributed by atoms with E-state index in [0.29, 0.717) is 36.4 Å². The van der Waals surface area contributed by atoms with Crippen molar-refractivity contribution < 1.29 is 22.7 Å². The van der Waals surface area contributed by atoms with Gasteiger partial charge in [-0.15, -0.1) is 0 Å². The van der Waals surface area contributed by atoms with Crippen molar-refractivity contribution in [3.05, 3.63) is 63.8 Å². The van der Waals surface area contributed by atoms with Crippen molar-refractivity contribution >= 4 is 50.0 Å². The topological polar surface area (TPSA) is 107 Å². The van der Waals surface area contributed by atoms with Crippen LogP contribution in [0.1, 0.15) is 31.5 Å². The zero-order valence-electron chi connectivity index (χ0n) is 20.5. The fourth-order valence-corrected chi connectivity index (χ4v) is 5.74. The molecule has 0 saturated heterocycles. The molecular weight excluding hydrogens is 525 g/mol. The average molecular weight is 554 g/mol. The Morgan fingerprint density at radius 1 is 1.11 bits per heavy atom. The number of nitrogens with zero attached hydrogens (tertiary/aromatic N) is 1. The predicted molar refractivity (Wildman–Crippen MR) is 141 cm³/mol. The number of aromatic nitrogens is 1. The summed E-state index contributed by atoms with van der Waals surface area (Å²) in [5.41, 5.74) is 0.373. The van der Waals surface area contributed by atoms with E-state index in [1.165, 1.54) is 26.0 Å². The molecule has 2 aromatic carbocycles. The number of ether oxygens (including phenoxy) is 2. The van der Waals surface area contributed by atoms with Crippen LogP contribution in [0.4, 0.5) is 0 Å². The number of hydrogen-bond donors (Lipinski definition) is 2. The Morgan fingerprint density at radius 3 is 2.58 bits per heavy atom. The third-order valence-corrected chi connectivity index (χ3v) is 8.00. The maximum absolute atomic E-state index is 13.2. The first kappa shape index (κ1) is 28.1. The molecule has 0 aliphatic carbocycles. The molecule has 1 heterocycles. The summed E-state index contributed by atoms with van der Waals surface area (Å²) in [7, 11) is -2.62. The van der Waals surface area contributed by atoms with E-state index in [9.17, 15) is 13.2 Å². The lowest BCUT2D eigenvalue weighted by atomic mass is 10.1. The highest BCUT2D eigenvalue weighted by atomic mass is 35.5. The van der Waals surface area contributed by atoms with Crippen molar-refractivity contribution in [3.63, 3.8) is 0 Å². The second kappa shape index (κ2) is 11.7. The van der Waals surface area contributed by atoms with Gasteiger partial charge in [0.1, 0.15) is 28.3 Å². The zero-order valence-corrected chi connectivity index (χ0v) is 22.9. The van der Waals surface area contributed by atoms with Gasteiger partial charge in [0.25, 0.3) is 0 Å². The van der Waals surface area contributed by atoms with Gasteiger partial charge in [-0.3, -0.25) is 4.79 Å². The summed E-state index contributed by atoms with van der Waals surface area (Å²) in [5.74, 6) is 0.0376. The number of carbonyl (C=O) groups excluding carboxylic acids is 1. The molecule has 0 saturated carbocycles. The summed E-state index contributed by atoms with van der Waals surface area (Å²) >= 11 is 12.9. The van der Waals surface area contributed by atoms with Crippen LogP contribution in [0.2, 0.25) is 10.0 Å². The number of benzene rings is 2. The van der Waals surface area contributed by atoms with Crippen LogP contribution < -0.4 is 14.8 Å². The molecule has 0 unspecified atom stereocenters. The van der Waals surface area contributed by atoms with Crippen LogP contribution in [0.5, 0.6) is 5.75 Å². The van der Waals surface area contributed by atoms with Crippen molar-refractivity contribution in [2.24, 2.45) is 0 Å². The van der Waals surface area contributed by atoms with Crippen LogP contribution in [0.15, 0.2) is 47.4 Å². The lowest BCUT2D eigenvalue weighted by molar-refractivity contribution is -0.125. The first-order chi connectivity index (χ1) is 17.0. The van der Waals surface area contributed by atoms with Crippen LogP contribution in [0.25, 0.3) is 10.9 Å². The standard InChI is InChI=1S/C25H29Cl2N3O5S/c1-16-9-10-17-7-5-8-20(23(17)29-16)35-15-18-19(26)11-12-21(22(18)27)36(32,33)30-25(2,3)24(31)28-13-6-14-34-4/h5,7-12,30H,6,13-15H2,1-4H3,(H,28,31). The van der Waals surface area contributed by atoms with Gasteiger partial charge in [0.2, 0.25) is 15.9 Å². The Kier molecular flexibility index (Phi) is 9.18. The molecule has 3 rings (SSSR count). The molecule has 0 spiro atoms. The predicted octanol–water partition coefficient (Wildman–Crippen LogP) is 4.64. The van der Waals surface area contributed by atoms with Gasteiger partial charge >= 0.3 is 0 Å². The highest BCUT2D eigenvalue weighted by molar-refractivity contribution is 7.89. The lowest BCUT2D eigenvalue weighted by Crippen LogP contribution is -2.54. The van der Waals surface area contributed by atoms with Crippen LogP contribution >= 0.6 is 23.2 Å². The molecule has 1 amide bonds. The number of rotatable bonds is 11. The Morgan fingerprint density at radius 2 is 1.86 bits per heavy atom. The molecule has 194 valence electrons. The number of hydrogen-bond acceptors (Lipinski definition) is 6. The molecule has 1 aromatic heterocycles. The largest absolute Gasteiger partial charge is 0.487 e. The van der Waals surface area contributed by atoms with Gasteiger partial charge in [-0.05, 0) is 51.5 Å². The van der Waals surface area contributed by atoms with Crippen molar-refractivity contribution in [3.8, 4) is 5.75 Å². The number of para-hydroxylation sites is 1. The molecule has 0 aliphatic rings. The van der Waals surface area contributed by atoms with Crippen LogP contribution in [-0.2, 0) is 26.2 Å². The molecule has 0 fully saturated rings. The lowest BCUT2D eigenvalue weighted by Gasteiger charge is -2.25. The van der Waals surface area contributed by atoms with E-state index in [-0.39, 0.29) is 21.5 Å². The number of fused-ring (bicyclic) bond motifs is 1. The van der Waals surface area contributed by atoms with Gasteiger partial charge in [-0.2, -0.15) is 4.72 Å². The number of methoxy groups -OCH3 is 1. The number of amides is 1. The van der Waals surface area contributed by atoms with Crippen molar-refractivity contribution in [1.29, 1.82) is 0 Å². The normalized spacial score (nSPS) is 12.1. The third kappa shape index (κ3) is 6.66. The molecule has 8 nitrogen and oxygen atoms in total. The number of halogens is 2. The van der Waals surface area contributed by atoms with Gasteiger partial charge in [0, 0.05) is 41.9 Å². The number of nitrogens with one attached hydrogen (secondary N) is 2. The molecule has 36 heavy (non-hydrogen) atoms. The van der Waals surface area contributed by atoms with E-state index in [1.807, 2.05) is 31.2 Å². The SMILES string of the molecule is COCCCNC(=O)C(C)(C)NS(=O)(=O)c1ccc(Cl)c(COc2cccc3ccc(C)nc23)c1Cl. The molecular formula is C25H29Cl2N3O5S. The summed E-state index contributed by atoms with van der Waals surface area (Å²) in [5, 5.41) is 3.76. The summed E-state index contributed by atoms with van der Waals surface area (Å²) in [6.07, 6.45) is 0.600. The monoisotopic (exact) mass is 553 g/mol. The third-order valence-electron chi connectivity index (χ3n) is 5.40. The average Bonchev–Trinajstić information content (AvgIpc) is 2.80. The Labute approximate surface area is 221 Å². The van der Waals surface area contributed by atoms with E-state index < -0.39 is 21.5 Å². The maximum Gasteiger partial charge on any atom is 0.243 e. The minimum Gasteiger partial charge on any atom is -0.487 e.